The van der Waals surface area contributed by atoms with Gasteiger partial charge in [0.25, 0.3) is 0 Å². The molecule has 1 saturated carbocycles. The monoisotopic (exact) mass is 186 g/mol. The van der Waals surface area contributed by atoms with Crippen LogP contribution in [-0.2, 0) is 4.79 Å². The lowest BCUT2D eigenvalue weighted by atomic mass is 10.3. The number of aliphatic hydroxyl groups excluding tert-OH is 1. The van der Waals surface area contributed by atoms with Crippen LogP contribution in [0.15, 0.2) is 0 Å². The van der Waals surface area contributed by atoms with Crippen LogP contribution >= 0.6 is 0 Å². The molecule has 0 bridgehead atoms. The fraction of sp³-hybridized carbons (Fsp3) is 0.889. The lowest BCUT2D eigenvalue weighted by molar-refractivity contribution is -0.131. The van der Waals surface area contributed by atoms with Crippen LogP contribution in [0.2, 0.25) is 0 Å². The molecule has 1 unspecified atom stereocenters. The molecule has 0 saturated heterocycles. The Labute approximate surface area is 78.9 Å². The van der Waals surface area contributed by atoms with Crippen molar-refractivity contribution in [3.05, 3.63) is 0 Å². The summed E-state index contributed by atoms with van der Waals surface area (Å²) in [6.45, 7) is 2.24. The summed E-state index contributed by atoms with van der Waals surface area (Å²) in [6, 6.07) is 0.468. The van der Waals surface area contributed by atoms with Gasteiger partial charge in [-0.15, -0.1) is 0 Å². The number of nitrogens with one attached hydrogen (secondary N) is 1. The first-order chi connectivity index (χ1) is 6.15. The Hall–Kier alpha value is -0.610. The zero-order valence-corrected chi connectivity index (χ0v) is 8.29. The molecule has 4 nitrogen and oxygen atoms in total. The van der Waals surface area contributed by atoms with Gasteiger partial charge < -0.3 is 15.3 Å². The van der Waals surface area contributed by atoms with Crippen molar-refractivity contribution in [1.82, 2.24) is 10.2 Å². The third kappa shape index (κ3) is 3.32. The zero-order chi connectivity index (χ0) is 9.84. The maximum Gasteiger partial charge on any atom is 0.236 e. The molecule has 0 aromatic carbocycles. The number of nitrogens with zero attached hydrogens (tertiary/aromatic N) is 1. The highest BCUT2D eigenvalue weighted by Gasteiger charge is 2.22. The van der Waals surface area contributed by atoms with E-state index in [1.807, 2.05) is 6.92 Å². The van der Waals surface area contributed by atoms with Crippen molar-refractivity contribution in [2.45, 2.75) is 31.8 Å². The van der Waals surface area contributed by atoms with Gasteiger partial charge in [0.1, 0.15) is 0 Å². The van der Waals surface area contributed by atoms with Gasteiger partial charge >= 0.3 is 0 Å². The summed E-state index contributed by atoms with van der Waals surface area (Å²) in [7, 11) is 1.72. The van der Waals surface area contributed by atoms with Crippen LogP contribution in [0.4, 0.5) is 0 Å². The number of amides is 1. The summed E-state index contributed by atoms with van der Waals surface area (Å²) in [5.74, 6) is 0.0495. The minimum Gasteiger partial charge on any atom is -0.394 e. The van der Waals surface area contributed by atoms with E-state index in [2.05, 4.69) is 5.32 Å². The molecular weight excluding hydrogens is 168 g/mol. The Balaban J connectivity index is 2.19. The van der Waals surface area contributed by atoms with Crippen LogP contribution in [-0.4, -0.2) is 48.2 Å². The molecule has 1 atom stereocenters. The second kappa shape index (κ2) is 4.58. The average Bonchev–Trinajstić information content (AvgIpc) is 2.95. The minimum atomic E-state index is -0.0893. The molecule has 1 amide bonds. The van der Waals surface area contributed by atoms with Crippen LogP contribution in [0.3, 0.4) is 0 Å². The Bertz CT molecular complexity index is 180. The predicted molar refractivity (Wildman–Crippen MR) is 50.3 cm³/mol. The van der Waals surface area contributed by atoms with Gasteiger partial charge in [-0.2, -0.15) is 0 Å². The lowest BCUT2D eigenvalue weighted by Gasteiger charge is -2.23. The SMILES string of the molecule is CC(CO)N(C)C(=O)CNC1CC1. The number of likely N-dealkylation sites (N-methyl/N-ethyl adjacent to an activating group) is 1. The van der Waals surface area contributed by atoms with E-state index in [0.29, 0.717) is 12.6 Å². The van der Waals surface area contributed by atoms with Crippen molar-refractivity contribution in [2.75, 3.05) is 20.2 Å². The molecular formula is C9H18N2O2. The van der Waals surface area contributed by atoms with Gasteiger partial charge in [0, 0.05) is 13.1 Å². The number of hydrogen-bond donors (Lipinski definition) is 2. The molecule has 0 aliphatic heterocycles. The summed E-state index contributed by atoms with van der Waals surface area (Å²) in [5, 5.41) is 12.0. The normalized spacial score (nSPS) is 18.4. The minimum absolute atomic E-state index is 0.0195. The molecule has 13 heavy (non-hydrogen) atoms. The molecule has 0 aromatic rings. The number of carbonyl (C=O) groups is 1. The van der Waals surface area contributed by atoms with Crippen LogP contribution in [0.1, 0.15) is 19.8 Å². The van der Waals surface area contributed by atoms with Gasteiger partial charge in [-0.05, 0) is 19.8 Å². The molecule has 1 fully saturated rings. The van der Waals surface area contributed by atoms with E-state index < -0.39 is 0 Å². The molecule has 1 rings (SSSR count). The molecule has 2 N–H and O–H groups in total. The van der Waals surface area contributed by atoms with Crippen LogP contribution in [0.5, 0.6) is 0 Å². The van der Waals surface area contributed by atoms with E-state index in [1.54, 1.807) is 11.9 Å². The second-order valence-corrected chi connectivity index (χ2v) is 3.69. The number of hydrogen-bond acceptors (Lipinski definition) is 3. The first-order valence-electron chi connectivity index (χ1n) is 4.75. The zero-order valence-electron chi connectivity index (χ0n) is 8.29. The van der Waals surface area contributed by atoms with Gasteiger partial charge in [-0.3, -0.25) is 4.79 Å². The largest absolute Gasteiger partial charge is 0.394 e. The van der Waals surface area contributed by atoms with E-state index in [0.717, 1.165) is 0 Å². The molecule has 0 heterocycles. The maximum atomic E-state index is 11.4. The van der Waals surface area contributed by atoms with Crippen molar-refractivity contribution in [3.8, 4) is 0 Å². The van der Waals surface area contributed by atoms with Crippen LogP contribution < -0.4 is 5.32 Å². The van der Waals surface area contributed by atoms with E-state index >= 15 is 0 Å². The summed E-state index contributed by atoms with van der Waals surface area (Å²) in [6.07, 6.45) is 2.37. The molecule has 1 aliphatic carbocycles. The molecule has 0 radical (unpaired) electrons. The van der Waals surface area contributed by atoms with Crippen molar-refractivity contribution in [1.29, 1.82) is 0 Å². The lowest BCUT2D eigenvalue weighted by Crippen LogP contribution is -2.42. The molecule has 0 spiro atoms. The summed E-state index contributed by atoms with van der Waals surface area (Å²) in [5.41, 5.74) is 0. The van der Waals surface area contributed by atoms with Gasteiger partial charge in [0.05, 0.1) is 19.2 Å². The average molecular weight is 186 g/mol. The Morgan fingerprint density at radius 2 is 2.31 bits per heavy atom. The molecule has 4 heteroatoms. The third-order valence-electron chi connectivity index (χ3n) is 2.44. The Morgan fingerprint density at radius 3 is 2.77 bits per heavy atom. The highest BCUT2D eigenvalue weighted by Crippen LogP contribution is 2.18. The van der Waals surface area contributed by atoms with E-state index in [-0.39, 0.29) is 18.6 Å². The predicted octanol–water partition coefficient (Wildman–Crippen LogP) is -0.422. The number of aliphatic hydroxyl groups is 1. The van der Waals surface area contributed by atoms with Crippen LogP contribution in [0.25, 0.3) is 0 Å². The van der Waals surface area contributed by atoms with Gasteiger partial charge in [-0.1, -0.05) is 0 Å². The quantitative estimate of drug-likeness (QED) is 0.613. The topological polar surface area (TPSA) is 52.6 Å². The van der Waals surface area contributed by atoms with Crippen molar-refractivity contribution >= 4 is 5.91 Å². The van der Waals surface area contributed by atoms with Crippen molar-refractivity contribution in [3.63, 3.8) is 0 Å². The van der Waals surface area contributed by atoms with Gasteiger partial charge in [0.15, 0.2) is 0 Å². The molecule has 76 valence electrons. The fourth-order valence-corrected chi connectivity index (χ4v) is 1.01. The van der Waals surface area contributed by atoms with E-state index in [9.17, 15) is 4.79 Å². The highest BCUT2D eigenvalue weighted by molar-refractivity contribution is 5.78. The van der Waals surface area contributed by atoms with Gasteiger partial charge in [-0.25, -0.2) is 0 Å². The van der Waals surface area contributed by atoms with Crippen molar-refractivity contribution in [2.24, 2.45) is 0 Å². The summed E-state index contributed by atoms with van der Waals surface area (Å²) < 4.78 is 0. The first-order valence-corrected chi connectivity index (χ1v) is 4.75. The van der Waals surface area contributed by atoms with Crippen molar-refractivity contribution < 1.29 is 9.90 Å². The van der Waals surface area contributed by atoms with Gasteiger partial charge in [0.2, 0.25) is 5.91 Å². The Morgan fingerprint density at radius 1 is 1.69 bits per heavy atom. The summed E-state index contributed by atoms with van der Waals surface area (Å²) in [4.78, 5) is 13.0. The van der Waals surface area contributed by atoms with E-state index in [1.165, 1.54) is 12.8 Å². The van der Waals surface area contributed by atoms with E-state index in [4.69, 9.17) is 5.11 Å². The summed E-state index contributed by atoms with van der Waals surface area (Å²) >= 11 is 0. The standard InChI is InChI=1S/C9H18N2O2/c1-7(6-12)11(2)9(13)5-10-8-3-4-8/h7-8,10,12H,3-6H2,1-2H3. The number of carbonyl (C=O) groups excluding carboxylic acids is 1. The second-order valence-electron chi connectivity index (χ2n) is 3.69. The Kier molecular flexibility index (Phi) is 3.69. The molecule has 1 aliphatic rings. The third-order valence-corrected chi connectivity index (χ3v) is 2.44. The maximum absolute atomic E-state index is 11.4. The number of rotatable bonds is 5. The highest BCUT2D eigenvalue weighted by atomic mass is 16.3. The first kappa shape index (κ1) is 10.5. The molecule has 0 aromatic heterocycles. The fourth-order valence-electron chi connectivity index (χ4n) is 1.01. The van der Waals surface area contributed by atoms with Crippen LogP contribution in [0, 0.1) is 0 Å². The smallest absolute Gasteiger partial charge is 0.236 e.